The highest BCUT2D eigenvalue weighted by molar-refractivity contribution is 5.66. The van der Waals surface area contributed by atoms with E-state index in [1.807, 2.05) is 43.3 Å². The van der Waals surface area contributed by atoms with Crippen LogP contribution in [0, 0.1) is 5.82 Å². The van der Waals surface area contributed by atoms with E-state index in [9.17, 15) is 9.18 Å². The molecule has 1 unspecified atom stereocenters. The maximum absolute atomic E-state index is 14.5. The van der Waals surface area contributed by atoms with Gasteiger partial charge in [0.25, 0.3) is 0 Å². The van der Waals surface area contributed by atoms with E-state index >= 15 is 0 Å². The number of hydrogen-bond acceptors (Lipinski definition) is 5. The minimum Gasteiger partial charge on any atom is -0.457 e. The number of benzene rings is 2. The van der Waals surface area contributed by atoms with Gasteiger partial charge in [-0.3, -0.25) is 4.79 Å². The van der Waals surface area contributed by atoms with Gasteiger partial charge in [0.2, 0.25) is 11.7 Å². The van der Waals surface area contributed by atoms with Gasteiger partial charge in [-0.25, -0.2) is 4.39 Å². The lowest BCUT2D eigenvalue weighted by atomic mass is 9.97. The molecule has 25 heavy (non-hydrogen) atoms. The maximum atomic E-state index is 14.5. The molecule has 128 valence electrons. The number of nitrogens with zero attached hydrogens (tertiary/aromatic N) is 2. The van der Waals surface area contributed by atoms with Gasteiger partial charge < -0.3 is 9.26 Å². The van der Waals surface area contributed by atoms with Gasteiger partial charge in [-0.15, -0.1) is 0 Å². The molecule has 1 atom stereocenters. The van der Waals surface area contributed by atoms with Crippen molar-refractivity contribution in [2.45, 2.75) is 26.4 Å². The summed E-state index contributed by atoms with van der Waals surface area (Å²) in [5.41, 5.74) is 2.08. The Morgan fingerprint density at radius 1 is 1.24 bits per heavy atom. The van der Waals surface area contributed by atoms with E-state index in [4.69, 9.17) is 9.26 Å². The van der Waals surface area contributed by atoms with Crippen LogP contribution in [0.4, 0.5) is 4.39 Å². The van der Waals surface area contributed by atoms with Crippen LogP contribution in [-0.4, -0.2) is 16.1 Å². The van der Waals surface area contributed by atoms with E-state index in [1.165, 1.54) is 13.0 Å². The third-order valence-electron chi connectivity index (χ3n) is 3.84. The van der Waals surface area contributed by atoms with Crippen molar-refractivity contribution >= 4 is 5.97 Å². The molecule has 5 nitrogen and oxygen atoms in total. The van der Waals surface area contributed by atoms with Crippen molar-refractivity contribution in [3.63, 3.8) is 0 Å². The molecule has 0 saturated carbocycles. The van der Waals surface area contributed by atoms with Gasteiger partial charge >= 0.3 is 5.97 Å². The van der Waals surface area contributed by atoms with Crippen LogP contribution in [0.1, 0.15) is 37.0 Å². The zero-order chi connectivity index (χ0) is 17.8. The zero-order valence-electron chi connectivity index (χ0n) is 13.9. The SMILES string of the molecule is CC(=O)OCc1noc(C(C)c2ccc(-c3ccccc3)c(F)c2)n1. The first kappa shape index (κ1) is 16.8. The Morgan fingerprint density at radius 3 is 2.68 bits per heavy atom. The normalized spacial score (nSPS) is 12.0. The number of rotatable bonds is 5. The molecular formula is C19H17FN2O3. The number of carbonyl (C=O) groups excluding carboxylic acids is 1. The fourth-order valence-corrected chi connectivity index (χ4v) is 2.46. The van der Waals surface area contributed by atoms with Gasteiger partial charge in [0.05, 0.1) is 5.92 Å². The summed E-state index contributed by atoms with van der Waals surface area (Å²) in [5, 5.41) is 3.77. The molecule has 2 aromatic carbocycles. The van der Waals surface area contributed by atoms with E-state index in [1.54, 1.807) is 6.07 Å². The minimum atomic E-state index is -0.419. The Balaban J connectivity index is 1.80. The van der Waals surface area contributed by atoms with Crippen molar-refractivity contribution in [1.29, 1.82) is 0 Å². The molecule has 0 aliphatic rings. The second-order valence-corrected chi connectivity index (χ2v) is 5.66. The molecule has 0 fully saturated rings. The molecule has 0 N–H and O–H groups in total. The Kier molecular flexibility index (Phi) is 4.88. The fourth-order valence-electron chi connectivity index (χ4n) is 2.46. The fraction of sp³-hybridized carbons (Fsp3) is 0.211. The van der Waals surface area contributed by atoms with Crippen LogP contribution in [0.5, 0.6) is 0 Å². The second kappa shape index (κ2) is 7.25. The van der Waals surface area contributed by atoms with Crippen molar-refractivity contribution in [2.75, 3.05) is 0 Å². The predicted molar refractivity (Wildman–Crippen MR) is 89.1 cm³/mol. The van der Waals surface area contributed by atoms with Gasteiger partial charge in [0.1, 0.15) is 5.82 Å². The molecule has 0 spiro atoms. The van der Waals surface area contributed by atoms with E-state index in [-0.39, 0.29) is 24.2 Å². The number of hydrogen-bond donors (Lipinski definition) is 0. The number of halogens is 1. The molecule has 0 aliphatic carbocycles. The second-order valence-electron chi connectivity index (χ2n) is 5.66. The van der Waals surface area contributed by atoms with Gasteiger partial charge in [0.15, 0.2) is 6.61 Å². The van der Waals surface area contributed by atoms with E-state index in [2.05, 4.69) is 10.1 Å². The van der Waals surface area contributed by atoms with Crippen LogP contribution in [0.3, 0.4) is 0 Å². The molecule has 0 aliphatic heterocycles. The number of carbonyl (C=O) groups is 1. The Labute approximate surface area is 144 Å². The zero-order valence-corrected chi connectivity index (χ0v) is 13.9. The highest BCUT2D eigenvalue weighted by atomic mass is 19.1. The van der Waals surface area contributed by atoms with Crippen LogP contribution in [-0.2, 0) is 16.1 Å². The molecule has 0 amide bonds. The average molecular weight is 340 g/mol. The number of esters is 1. The predicted octanol–water partition coefficient (Wildman–Crippen LogP) is 4.09. The van der Waals surface area contributed by atoms with Crippen molar-refractivity contribution < 1.29 is 18.4 Å². The van der Waals surface area contributed by atoms with Gasteiger partial charge in [-0.1, -0.05) is 47.6 Å². The van der Waals surface area contributed by atoms with Gasteiger partial charge in [-0.2, -0.15) is 4.98 Å². The molecule has 3 aromatic rings. The molecule has 0 bridgehead atoms. The van der Waals surface area contributed by atoms with Crippen molar-refractivity contribution in [3.05, 3.63) is 71.6 Å². The summed E-state index contributed by atoms with van der Waals surface area (Å²) in [6.07, 6.45) is 0. The molecule has 0 radical (unpaired) electrons. The van der Waals surface area contributed by atoms with Gasteiger partial charge in [0, 0.05) is 12.5 Å². The summed E-state index contributed by atoms with van der Waals surface area (Å²) in [6.45, 7) is 3.10. The Bertz CT molecular complexity index is 877. The molecule has 1 heterocycles. The summed E-state index contributed by atoms with van der Waals surface area (Å²) < 4.78 is 24.5. The third kappa shape index (κ3) is 3.91. The van der Waals surface area contributed by atoms with Crippen molar-refractivity contribution in [2.24, 2.45) is 0 Å². The molecule has 3 rings (SSSR count). The van der Waals surface area contributed by atoms with Crippen molar-refractivity contribution in [1.82, 2.24) is 10.1 Å². The Morgan fingerprint density at radius 2 is 2.00 bits per heavy atom. The number of ether oxygens (including phenoxy) is 1. The standard InChI is InChI=1S/C19H17FN2O3/c1-12(19-21-18(22-25-19)11-24-13(2)23)15-8-9-16(17(20)10-15)14-6-4-3-5-7-14/h3-10,12H,11H2,1-2H3. The number of aromatic nitrogens is 2. The van der Waals surface area contributed by atoms with Crippen LogP contribution in [0.25, 0.3) is 11.1 Å². The van der Waals surface area contributed by atoms with E-state index in [0.717, 1.165) is 11.1 Å². The first-order valence-electron chi connectivity index (χ1n) is 7.85. The average Bonchev–Trinajstić information content (AvgIpc) is 3.09. The summed E-state index contributed by atoms with van der Waals surface area (Å²) in [7, 11) is 0. The van der Waals surface area contributed by atoms with Crippen LogP contribution in [0.2, 0.25) is 0 Å². The molecule has 6 heteroatoms. The monoisotopic (exact) mass is 340 g/mol. The lowest BCUT2D eigenvalue weighted by molar-refractivity contribution is -0.142. The van der Waals surface area contributed by atoms with E-state index in [0.29, 0.717) is 11.5 Å². The quantitative estimate of drug-likeness (QED) is 0.655. The minimum absolute atomic E-state index is 0.0488. The molecule has 0 saturated heterocycles. The smallest absolute Gasteiger partial charge is 0.303 e. The highest BCUT2D eigenvalue weighted by Gasteiger charge is 2.18. The summed E-state index contributed by atoms with van der Waals surface area (Å²) in [6, 6.07) is 14.4. The largest absolute Gasteiger partial charge is 0.457 e. The first-order chi connectivity index (χ1) is 12.0. The van der Waals surface area contributed by atoms with E-state index < -0.39 is 5.97 Å². The Hall–Kier alpha value is -3.02. The summed E-state index contributed by atoms with van der Waals surface area (Å²) in [4.78, 5) is 15.0. The molecule has 1 aromatic heterocycles. The summed E-state index contributed by atoms with van der Waals surface area (Å²) >= 11 is 0. The van der Waals surface area contributed by atoms with Crippen LogP contribution < -0.4 is 0 Å². The lowest BCUT2D eigenvalue weighted by Gasteiger charge is -2.10. The van der Waals surface area contributed by atoms with Gasteiger partial charge in [-0.05, 0) is 24.1 Å². The lowest BCUT2D eigenvalue weighted by Crippen LogP contribution is -2.01. The maximum Gasteiger partial charge on any atom is 0.303 e. The summed E-state index contributed by atoms with van der Waals surface area (Å²) in [5.74, 6) is -0.390. The van der Waals surface area contributed by atoms with Crippen LogP contribution >= 0.6 is 0 Å². The first-order valence-corrected chi connectivity index (χ1v) is 7.85. The third-order valence-corrected chi connectivity index (χ3v) is 3.84. The van der Waals surface area contributed by atoms with Crippen molar-refractivity contribution in [3.8, 4) is 11.1 Å². The highest BCUT2D eigenvalue weighted by Crippen LogP contribution is 2.28. The molecular weight excluding hydrogens is 323 g/mol. The topological polar surface area (TPSA) is 65.2 Å². The van der Waals surface area contributed by atoms with Crippen LogP contribution in [0.15, 0.2) is 53.1 Å².